The molecule has 0 aromatic heterocycles. The topological polar surface area (TPSA) is 67.4 Å². The highest BCUT2D eigenvalue weighted by Gasteiger charge is 2.17. The van der Waals surface area contributed by atoms with Crippen molar-refractivity contribution in [1.82, 2.24) is 0 Å². The molecule has 0 heterocycles. The smallest absolute Gasteiger partial charge is 0.314 e. The van der Waals surface area contributed by atoms with E-state index in [-0.39, 0.29) is 11.1 Å². The number of carbonyl (C=O) groups excluding carboxylic acids is 2. The third-order valence-corrected chi connectivity index (χ3v) is 3.43. The number of carbonyl (C=O) groups is 2. The van der Waals surface area contributed by atoms with Gasteiger partial charge in [0, 0.05) is 5.02 Å². The molecule has 24 heavy (non-hydrogen) atoms. The van der Waals surface area contributed by atoms with Crippen LogP contribution in [0.25, 0.3) is 0 Å². The van der Waals surface area contributed by atoms with E-state index in [0.717, 1.165) is 0 Å². The summed E-state index contributed by atoms with van der Waals surface area (Å²) >= 11 is 11.8. The second-order valence-corrected chi connectivity index (χ2v) is 6.04. The van der Waals surface area contributed by atoms with Crippen molar-refractivity contribution in [3.8, 4) is 5.75 Å². The first kappa shape index (κ1) is 18.1. The number of hydrogen-bond donors (Lipinski definition) is 2. The minimum Gasteiger partial charge on any atom is -0.489 e. The van der Waals surface area contributed by atoms with E-state index in [0.29, 0.717) is 22.1 Å². The molecule has 2 aromatic rings. The molecule has 0 bridgehead atoms. The second kappa shape index (κ2) is 8.04. The lowest BCUT2D eigenvalue weighted by Gasteiger charge is -2.14. The second-order valence-electron chi connectivity index (χ2n) is 5.20. The summed E-state index contributed by atoms with van der Waals surface area (Å²) in [6.45, 7) is 3.74. The van der Waals surface area contributed by atoms with Gasteiger partial charge in [0.25, 0.3) is 0 Å². The lowest BCUT2D eigenvalue weighted by Crippen LogP contribution is -2.29. The average Bonchev–Trinajstić information content (AvgIpc) is 2.51. The highest BCUT2D eigenvalue weighted by Crippen LogP contribution is 2.26. The molecule has 0 aliphatic rings. The van der Waals surface area contributed by atoms with Gasteiger partial charge < -0.3 is 15.4 Å². The number of nitrogens with one attached hydrogen (secondary N) is 2. The molecular formula is C17H16Cl2N2O3. The summed E-state index contributed by atoms with van der Waals surface area (Å²) < 4.78 is 5.59. The Bertz CT molecular complexity index is 763. The minimum absolute atomic E-state index is 0.0650. The minimum atomic E-state index is -0.849. The van der Waals surface area contributed by atoms with Crippen LogP contribution in [0.4, 0.5) is 11.4 Å². The molecule has 0 unspecified atom stereocenters. The lowest BCUT2D eigenvalue weighted by molar-refractivity contribution is -0.133. The number of rotatable bonds is 4. The fourth-order valence-corrected chi connectivity index (χ4v) is 2.33. The molecule has 0 fully saturated rings. The SMILES string of the molecule is CC(C)Oc1ccccc1NC(=O)C(=O)Nc1ccc(Cl)cc1Cl. The van der Waals surface area contributed by atoms with E-state index in [1.807, 2.05) is 13.8 Å². The predicted octanol–water partition coefficient (Wildman–Crippen LogP) is 4.36. The van der Waals surface area contributed by atoms with Gasteiger partial charge in [-0.15, -0.1) is 0 Å². The maximum Gasteiger partial charge on any atom is 0.314 e. The van der Waals surface area contributed by atoms with Gasteiger partial charge in [-0.1, -0.05) is 35.3 Å². The fraction of sp³-hybridized carbons (Fsp3) is 0.176. The molecule has 2 N–H and O–H groups in total. The molecule has 0 aliphatic carbocycles. The number of anilines is 2. The number of benzene rings is 2. The quantitative estimate of drug-likeness (QED) is 0.790. The Labute approximate surface area is 149 Å². The summed E-state index contributed by atoms with van der Waals surface area (Å²) in [4.78, 5) is 24.1. The van der Waals surface area contributed by atoms with Crippen molar-refractivity contribution in [1.29, 1.82) is 0 Å². The Morgan fingerprint density at radius 3 is 2.21 bits per heavy atom. The van der Waals surface area contributed by atoms with E-state index in [4.69, 9.17) is 27.9 Å². The Kier molecular flexibility index (Phi) is 6.06. The first-order chi connectivity index (χ1) is 11.4. The maximum atomic E-state index is 12.1. The van der Waals surface area contributed by atoms with Crippen LogP contribution in [-0.2, 0) is 9.59 Å². The molecule has 5 nitrogen and oxygen atoms in total. The third-order valence-electron chi connectivity index (χ3n) is 2.88. The van der Waals surface area contributed by atoms with Crippen LogP contribution in [-0.4, -0.2) is 17.9 Å². The van der Waals surface area contributed by atoms with E-state index in [1.165, 1.54) is 12.1 Å². The zero-order valence-corrected chi connectivity index (χ0v) is 14.6. The highest BCUT2D eigenvalue weighted by molar-refractivity contribution is 6.45. The molecule has 0 spiro atoms. The molecule has 2 amide bonds. The summed E-state index contributed by atoms with van der Waals surface area (Å²) in [7, 11) is 0. The Hall–Kier alpha value is -2.24. The van der Waals surface area contributed by atoms with Crippen LogP contribution in [0.2, 0.25) is 10.0 Å². The third kappa shape index (κ3) is 4.88. The van der Waals surface area contributed by atoms with Crippen molar-refractivity contribution in [2.75, 3.05) is 10.6 Å². The first-order valence-corrected chi connectivity index (χ1v) is 7.95. The summed E-state index contributed by atoms with van der Waals surface area (Å²) in [5, 5.41) is 5.63. The van der Waals surface area contributed by atoms with Crippen LogP contribution in [0.1, 0.15) is 13.8 Å². The van der Waals surface area contributed by atoms with Crippen LogP contribution in [0.15, 0.2) is 42.5 Å². The highest BCUT2D eigenvalue weighted by atomic mass is 35.5. The molecule has 2 rings (SSSR count). The Morgan fingerprint density at radius 2 is 1.58 bits per heavy atom. The lowest BCUT2D eigenvalue weighted by atomic mass is 10.2. The molecule has 7 heteroatoms. The van der Waals surface area contributed by atoms with Gasteiger partial charge in [0.05, 0.1) is 22.5 Å². The standard InChI is InChI=1S/C17H16Cl2N2O3/c1-10(2)24-15-6-4-3-5-14(15)21-17(23)16(22)20-13-8-7-11(18)9-12(13)19/h3-10H,1-2H3,(H,20,22)(H,21,23). The molecule has 0 aliphatic heterocycles. The average molecular weight is 367 g/mol. The van der Waals surface area contributed by atoms with Crippen LogP contribution in [0.3, 0.4) is 0 Å². The summed E-state index contributed by atoms with van der Waals surface area (Å²) in [6.07, 6.45) is -0.0650. The van der Waals surface area contributed by atoms with Gasteiger partial charge in [-0.25, -0.2) is 0 Å². The van der Waals surface area contributed by atoms with Crippen molar-refractivity contribution in [3.05, 3.63) is 52.5 Å². The predicted molar refractivity (Wildman–Crippen MR) is 95.9 cm³/mol. The van der Waals surface area contributed by atoms with E-state index in [2.05, 4.69) is 10.6 Å². The van der Waals surface area contributed by atoms with E-state index >= 15 is 0 Å². The molecular weight excluding hydrogens is 351 g/mol. The first-order valence-electron chi connectivity index (χ1n) is 7.20. The van der Waals surface area contributed by atoms with Crippen molar-refractivity contribution < 1.29 is 14.3 Å². The monoisotopic (exact) mass is 366 g/mol. The number of hydrogen-bond acceptors (Lipinski definition) is 3. The largest absolute Gasteiger partial charge is 0.489 e. The van der Waals surface area contributed by atoms with E-state index in [9.17, 15) is 9.59 Å². The number of ether oxygens (including phenoxy) is 1. The molecule has 0 saturated carbocycles. The van der Waals surface area contributed by atoms with E-state index in [1.54, 1.807) is 30.3 Å². The van der Waals surface area contributed by atoms with Crippen LogP contribution in [0, 0.1) is 0 Å². The van der Waals surface area contributed by atoms with Gasteiger partial charge in [-0.2, -0.15) is 0 Å². The van der Waals surface area contributed by atoms with Crippen molar-refractivity contribution in [2.45, 2.75) is 20.0 Å². The molecule has 0 radical (unpaired) electrons. The van der Waals surface area contributed by atoms with Gasteiger partial charge in [0.2, 0.25) is 0 Å². The fourth-order valence-electron chi connectivity index (χ4n) is 1.88. The molecule has 0 atom stereocenters. The summed E-state index contributed by atoms with van der Waals surface area (Å²) in [5.41, 5.74) is 0.710. The summed E-state index contributed by atoms with van der Waals surface area (Å²) in [6, 6.07) is 11.4. The maximum absolute atomic E-state index is 12.1. The Balaban J connectivity index is 2.08. The number of amides is 2. The van der Waals surface area contributed by atoms with Crippen LogP contribution >= 0.6 is 23.2 Å². The van der Waals surface area contributed by atoms with Gasteiger partial charge >= 0.3 is 11.8 Å². The zero-order chi connectivity index (χ0) is 17.7. The van der Waals surface area contributed by atoms with Crippen molar-refractivity contribution >= 4 is 46.4 Å². The zero-order valence-electron chi connectivity index (χ0n) is 13.1. The van der Waals surface area contributed by atoms with Gasteiger partial charge in [0.15, 0.2) is 0 Å². The molecule has 126 valence electrons. The van der Waals surface area contributed by atoms with Crippen molar-refractivity contribution in [2.24, 2.45) is 0 Å². The van der Waals surface area contributed by atoms with Gasteiger partial charge in [0.1, 0.15) is 5.75 Å². The van der Waals surface area contributed by atoms with Gasteiger partial charge in [-0.05, 0) is 44.2 Å². The van der Waals surface area contributed by atoms with E-state index < -0.39 is 11.8 Å². The van der Waals surface area contributed by atoms with Crippen LogP contribution in [0.5, 0.6) is 5.75 Å². The number of para-hydroxylation sites is 2. The normalized spacial score (nSPS) is 10.4. The summed E-state index contributed by atoms with van der Waals surface area (Å²) in [5.74, 6) is -1.20. The Morgan fingerprint density at radius 1 is 0.958 bits per heavy atom. The number of halogens is 2. The van der Waals surface area contributed by atoms with Crippen molar-refractivity contribution in [3.63, 3.8) is 0 Å². The molecule has 0 saturated heterocycles. The van der Waals surface area contributed by atoms with Crippen LogP contribution < -0.4 is 15.4 Å². The van der Waals surface area contributed by atoms with Gasteiger partial charge in [-0.3, -0.25) is 9.59 Å². The molecule has 2 aromatic carbocycles.